The van der Waals surface area contributed by atoms with Gasteiger partial charge < -0.3 is 26.8 Å². The molecule has 0 aliphatic carbocycles. The molecule has 0 bridgehead atoms. The Balaban J connectivity index is 2.81. The summed E-state index contributed by atoms with van der Waals surface area (Å²) in [4.78, 5) is 87.1. The molecule has 3 amide bonds. The second kappa shape index (κ2) is 18.5. The SMILES string of the molecule is CC(=O)[C@@H](CC(=O)CNC(=O)[C@@H](CC(=O)[C@H](CCC(N)=O)NC(=O)CCC(=O)[C@@H]1C[C@@H](O)CN1)CC(C)C)CC(C)C. The summed E-state index contributed by atoms with van der Waals surface area (Å²) < 4.78 is 0. The molecular weight excluding hydrogens is 544 g/mol. The molecule has 0 unspecified atom stereocenters. The van der Waals surface area contributed by atoms with Crippen LogP contribution in [-0.4, -0.2) is 77.2 Å². The van der Waals surface area contributed by atoms with Crippen LogP contribution >= 0.6 is 0 Å². The molecule has 5 atom stereocenters. The number of rotatable bonds is 21. The Morgan fingerprint density at radius 1 is 0.905 bits per heavy atom. The van der Waals surface area contributed by atoms with Gasteiger partial charge in [-0.1, -0.05) is 27.7 Å². The van der Waals surface area contributed by atoms with E-state index in [1.165, 1.54) is 6.92 Å². The maximum Gasteiger partial charge on any atom is 0.223 e. The van der Waals surface area contributed by atoms with Gasteiger partial charge in [0.05, 0.1) is 24.7 Å². The van der Waals surface area contributed by atoms with Gasteiger partial charge in [-0.05, 0) is 44.4 Å². The highest BCUT2D eigenvalue weighted by atomic mass is 16.3. The first-order valence-electron chi connectivity index (χ1n) is 14.9. The Morgan fingerprint density at radius 2 is 1.52 bits per heavy atom. The van der Waals surface area contributed by atoms with Crippen molar-refractivity contribution in [3.05, 3.63) is 0 Å². The lowest BCUT2D eigenvalue weighted by Gasteiger charge is -2.22. The van der Waals surface area contributed by atoms with E-state index in [0.717, 1.165) is 0 Å². The molecule has 42 heavy (non-hydrogen) atoms. The highest BCUT2D eigenvalue weighted by Crippen LogP contribution is 2.20. The van der Waals surface area contributed by atoms with Crippen LogP contribution < -0.4 is 21.7 Å². The number of amides is 3. The van der Waals surface area contributed by atoms with Crippen molar-refractivity contribution in [1.82, 2.24) is 16.0 Å². The number of primary amides is 1. The molecule has 0 radical (unpaired) electrons. The van der Waals surface area contributed by atoms with Gasteiger partial charge in [0, 0.05) is 50.5 Å². The number of hydrogen-bond donors (Lipinski definition) is 5. The van der Waals surface area contributed by atoms with Crippen LogP contribution in [0.2, 0.25) is 0 Å². The van der Waals surface area contributed by atoms with Gasteiger partial charge >= 0.3 is 0 Å². The summed E-state index contributed by atoms with van der Waals surface area (Å²) in [7, 11) is 0. The number of aliphatic hydroxyl groups excluding tert-OH is 1. The van der Waals surface area contributed by atoms with Crippen LogP contribution in [0, 0.1) is 23.7 Å². The number of nitrogens with two attached hydrogens (primary N) is 1. The van der Waals surface area contributed by atoms with Crippen LogP contribution in [0.4, 0.5) is 0 Å². The normalized spacial score (nSPS) is 18.8. The molecule has 0 aromatic heterocycles. The lowest BCUT2D eigenvalue weighted by Crippen LogP contribution is -2.44. The molecule has 1 aliphatic heterocycles. The molecule has 12 heteroatoms. The van der Waals surface area contributed by atoms with E-state index in [2.05, 4.69) is 16.0 Å². The second-order valence-corrected chi connectivity index (χ2v) is 12.3. The van der Waals surface area contributed by atoms with Crippen molar-refractivity contribution in [2.75, 3.05) is 13.1 Å². The summed E-state index contributed by atoms with van der Waals surface area (Å²) in [5, 5.41) is 17.7. The predicted octanol–water partition coefficient (Wildman–Crippen LogP) is 0.757. The van der Waals surface area contributed by atoms with E-state index in [1.807, 2.05) is 27.7 Å². The van der Waals surface area contributed by atoms with E-state index >= 15 is 0 Å². The topological polar surface area (TPSA) is 202 Å². The monoisotopic (exact) mass is 594 g/mol. The number of β-amino-alcohol motifs (C(OH)–C–C–N with tert-alkyl or cyclic N) is 1. The fourth-order valence-corrected chi connectivity index (χ4v) is 5.12. The minimum atomic E-state index is -1.08. The highest BCUT2D eigenvalue weighted by molar-refractivity contribution is 5.95. The van der Waals surface area contributed by atoms with E-state index in [9.17, 15) is 38.7 Å². The standard InChI is InChI=1S/C30H50N4O8/c1-17(2)10-20(19(5)35)12-22(36)16-33-30(42)21(11-18(3)4)13-27(39)24(6-8-28(31)40)34-29(41)9-7-26(38)25-14-23(37)15-32-25/h17-18,20-21,23-25,32,37H,6-16H2,1-5H3,(H2,31,40)(H,33,42)(H,34,41)/t20-,21-,23-,24+,25+/m1/s1. The Hall–Kier alpha value is -2.99. The number of nitrogens with one attached hydrogen (secondary N) is 3. The van der Waals surface area contributed by atoms with E-state index in [-0.39, 0.29) is 80.7 Å². The quantitative estimate of drug-likeness (QED) is 0.127. The summed E-state index contributed by atoms with van der Waals surface area (Å²) in [5.41, 5.74) is 5.26. The van der Waals surface area contributed by atoms with Gasteiger partial charge in [0.25, 0.3) is 0 Å². The fourth-order valence-electron chi connectivity index (χ4n) is 5.12. The largest absolute Gasteiger partial charge is 0.392 e. The number of ketones is 4. The minimum Gasteiger partial charge on any atom is -0.392 e. The molecule has 238 valence electrons. The molecule has 6 N–H and O–H groups in total. The molecule has 12 nitrogen and oxygen atoms in total. The number of Topliss-reactive ketones (excluding diaryl/α,β-unsaturated/α-hetero) is 4. The lowest BCUT2D eigenvalue weighted by atomic mass is 9.88. The molecule has 1 aliphatic rings. The second-order valence-electron chi connectivity index (χ2n) is 12.3. The average Bonchev–Trinajstić information content (AvgIpc) is 3.32. The molecule has 1 rings (SSSR count). The Morgan fingerprint density at radius 3 is 2.05 bits per heavy atom. The molecule has 0 aromatic rings. The zero-order valence-electron chi connectivity index (χ0n) is 25.7. The minimum absolute atomic E-state index is 0.0304. The predicted molar refractivity (Wildman–Crippen MR) is 156 cm³/mol. The summed E-state index contributed by atoms with van der Waals surface area (Å²) in [6.07, 6.45) is -0.0848. The Bertz CT molecular complexity index is 980. The van der Waals surface area contributed by atoms with Crippen molar-refractivity contribution in [1.29, 1.82) is 0 Å². The van der Waals surface area contributed by atoms with Crippen LogP contribution in [0.5, 0.6) is 0 Å². The average molecular weight is 595 g/mol. The van der Waals surface area contributed by atoms with Gasteiger partial charge in [-0.2, -0.15) is 0 Å². The van der Waals surface area contributed by atoms with Crippen LogP contribution in [0.15, 0.2) is 0 Å². The zero-order valence-corrected chi connectivity index (χ0v) is 25.7. The first-order chi connectivity index (χ1) is 19.6. The van der Waals surface area contributed by atoms with Gasteiger partial charge in [0.2, 0.25) is 17.7 Å². The first kappa shape index (κ1) is 37.0. The lowest BCUT2D eigenvalue weighted by molar-refractivity contribution is -0.133. The van der Waals surface area contributed by atoms with Crippen molar-refractivity contribution < 1.29 is 38.7 Å². The first-order valence-corrected chi connectivity index (χ1v) is 14.9. The van der Waals surface area contributed by atoms with Gasteiger partial charge in [-0.25, -0.2) is 0 Å². The number of carbonyl (C=O) groups excluding carboxylic acids is 7. The molecule has 0 saturated carbocycles. The summed E-state index contributed by atoms with van der Waals surface area (Å²) in [6, 6.07) is -1.60. The van der Waals surface area contributed by atoms with Crippen molar-refractivity contribution in [3.63, 3.8) is 0 Å². The van der Waals surface area contributed by atoms with Crippen LogP contribution in [-0.2, 0) is 33.6 Å². The molecule has 1 fully saturated rings. The van der Waals surface area contributed by atoms with E-state index in [4.69, 9.17) is 5.73 Å². The van der Waals surface area contributed by atoms with Crippen molar-refractivity contribution in [3.8, 4) is 0 Å². The number of aliphatic hydroxyl groups is 1. The number of hydrogen-bond acceptors (Lipinski definition) is 9. The van der Waals surface area contributed by atoms with Gasteiger partial charge in [0.1, 0.15) is 11.6 Å². The smallest absolute Gasteiger partial charge is 0.223 e. The fraction of sp³-hybridized carbons (Fsp3) is 0.767. The van der Waals surface area contributed by atoms with Crippen LogP contribution in [0.25, 0.3) is 0 Å². The summed E-state index contributed by atoms with van der Waals surface area (Å²) in [5.74, 6) is -3.62. The zero-order chi connectivity index (χ0) is 32.0. The molecule has 0 spiro atoms. The maximum atomic E-state index is 13.3. The van der Waals surface area contributed by atoms with E-state index < -0.39 is 53.5 Å². The molecule has 1 heterocycles. The molecular formula is C30H50N4O8. The van der Waals surface area contributed by atoms with Crippen LogP contribution in [0.1, 0.15) is 92.4 Å². The number of carbonyl (C=O) groups is 7. The van der Waals surface area contributed by atoms with E-state index in [0.29, 0.717) is 19.4 Å². The van der Waals surface area contributed by atoms with Crippen molar-refractivity contribution >= 4 is 40.9 Å². The Kier molecular flexibility index (Phi) is 16.3. The third-order valence-electron chi connectivity index (χ3n) is 7.34. The van der Waals surface area contributed by atoms with Crippen molar-refractivity contribution in [2.45, 2.75) is 111 Å². The van der Waals surface area contributed by atoms with Gasteiger partial charge in [-0.3, -0.25) is 33.6 Å². The Labute approximate surface area is 248 Å². The van der Waals surface area contributed by atoms with Gasteiger partial charge in [0.15, 0.2) is 11.6 Å². The van der Waals surface area contributed by atoms with Gasteiger partial charge in [-0.15, -0.1) is 0 Å². The molecule has 1 saturated heterocycles. The van der Waals surface area contributed by atoms with E-state index in [1.54, 1.807) is 0 Å². The summed E-state index contributed by atoms with van der Waals surface area (Å²) in [6.45, 7) is 9.21. The highest BCUT2D eigenvalue weighted by Gasteiger charge is 2.31. The third-order valence-corrected chi connectivity index (χ3v) is 7.34. The van der Waals surface area contributed by atoms with Crippen LogP contribution in [0.3, 0.4) is 0 Å². The maximum absolute atomic E-state index is 13.3. The van der Waals surface area contributed by atoms with Crippen molar-refractivity contribution in [2.24, 2.45) is 29.4 Å². The summed E-state index contributed by atoms with van der Waals surface area (Å²) >= 11 is 0. The molecule has 0 aromatic carbocycles. The third kappa shape index (κ3) is 14.8.